The molecule has 0 saturated carbocycles. The van der Waals surface area contributed by atoms with E-state index >= 15 is 0 Å². The number of aromatic nitrogens is 3. The van der Waals surface area contributed by atoms with Crippen molar-refractivity contribution in [2.24, 2.45) is 0 Å². The third-order valence-electron chi connectivity index (χ3n) is 5.10. The van der Waals surface area contributed by atoms with E-state index in [9.17, 15) is 5.26 Å². The maximum absolute atomic E-state index is 9.55. The monoisotopic (exact) mass is 443 g/mol. The molecular weight excluding hydrogens is 418 g/mol. The predicted octanol–water partition coefficient (Wildman–Crippen LogP) is 4.28. The number of hydrogen-bond acceptors (Lipinski definition) is 7. The number of rotatable bonds is 10. The number of fused-ring (bicyclic) bond motifs is 1. The number of methoxy groups -OCH3 is 2. The number of halogens is 1. The smallest absolute Gasteiger partial charge is 0.318 e. The van der Waals surface area contributed by atoms with E-state index in [0.29, 0.717) is 51.0 Å². The Hall–Kier alpha value is -3.02. The molecule has 164 valence electrons. The number of H-pyrrole nitrogens is 1. The molecule has 2 heterocycles. The summed E-state index contributed by atoms with van der Waals surface area (Å²) in [6.45, 7) is 7.69. The molecule has 0 bridgehead atoms. The van der Waals surface area contributed by atoms with Crippen LogP contribution in [0.15, 0.2) is 18.3 Å². The van der Waals surface area contributed by atoms with E-state index < -0.39 is 0 Å². The largest absolute Gasteiger partial charge is 0.493 e. The molecule has 1 N–H and O–H groups in total. The zero-order valence-corrected chi connectivity index (χ0v) is 18.9. The van der Waals surface area contributed by atoms with Crippen molar-refractivity contribution < 1.29 is 14.2 Å². The number of ether oxygens (including phenoxy) is 3. The summed E-state index contributed by atoms with van der Waals surface area (Å²) >= 11 is 6.55. The Balaban J connectivity index is 2.00. The molecule has 2 aromatic heterocycles. The highest BCUT2D eigenvalue weighted by atomic mass is 35.5. The van der Waals surface area contributed by atoms with Gasteiger partial charge < -0.3 is 24.1 Å². The second-order valence-corrected chi connectivity index (χ2v) is 7.22. The Morgan fingerprint density at radius 3 is 2.48 bits per heavy atom. The maximum Gasteiger partial charge on any atom is 0.318 e. The summed E-state index contributed by atoms with van der Waals surface area (Å²) in [4.78, 5) is 14.4. The Labute approximate surface area is 186 Å². The Bertz CT molecular complexity index is 1090. The van der Waals surface area contributed by atoms with Crippen LogP contribution in [0.1, 0.15) is 25.8 Å². The normalized spacial score (nSPS) is 11.0. The summed E-state index contributed by atoms with van der Waals surface area (Å²) in [5, 5.41) is 10.5. The summed E-state index contributed by atoms with van der Waals surface area (Å²) in [6, 6.07) is 5.79. The standard InChI is InChI=1S/C22H26ClN5O3/c1-5-28(6-2)8-7-9-31-22-26-20(19-14(12-24)13-25-21(19)27-22)15-10-17(29-3)18(30-4)11-16(15)23/h10-11,13H,5-9H2,1-4H3,(H,25,26,27). The first-order chi connectivity index (χ1) is 15.1. The molecule has 0 aliphatic rings. The van der Waals surface area contributed by atoms with Crippen molar-refractivity contribution in [3.8, 4) is 34.8 Å². The molecule has 0 aliphatic carbocycles. The highest BCUT2D eigenvalue weighted by Gasteiger charge is 2.20. The van der Waals surface area contributed by atoms with Crippen LogP contribution in [0.2, 0.25) is 5.02 Å². The van der Waals surface area contributed by atoms with Crippen molar-refractivity contribution in [1.29, 1.82) is 5.26 Å². The van der Waals surface area contributed by atoms with Crippen molar-refractivity contribution in [3.05, 3.63) is 28.9 Å². The van der Waals surface area contributed by atoms with Gasteiger partial charge in [-0.25, -0.2) is 0 Å². The minimum atomic E-state index is 0.222. The van der Waals surface area contributed by atoms with Crippen molar-refractivity contribution >= 4 is 22.6 Å². The van der Waals surface area contributed by atoms with Gasteiger partial charge in [-0.05, 0) is 25.6 Å². The zero-order valence-electron chi connectivity index (χ0n) is 18.2. The van der Waals surface area contributed by atoms with E-state index in [1.807, 2.05) is 0 Å². The van der Waals surface area contributed by atoms with Crippen LogP contribution in [0.5, 0.6) is 17.5 Å². The van der Waals surface area contributed by atoms with Crippen molar-refractivity contribution in [2.75, 3.05) is 40.5 Å². The van der Waals surface area contributed by atoms with Crippen LogP contribution in [-0.4, -0.2) is 60.3 Å². The highest BCUT2D eigenvalue weighted by molar-refractivity contribution is 6.34. The third-order valence-corrected chi connectivity index (χ3v) is 5.42. The fourth-order valence-corrected chi connectivity index (χ4v) is 3.63. The maximum atomic E-state index is 9.55. The van der Waals surface area contributed by atoms with Gasteiger partial charge in [-0.3, -0.25) is 0 Å². The van der Waals surface area contributed by atoms with Crippen molar-refractivity contribution in [1.82, 2.24) is 19.9 Å². The number of hydrogen-bond donors (Lipinski definition) is 1. The number of nitrogens with one attached hydrogen (secondary N) is 1. The fraction of sp³-hybridized carbons (Fsp3) is 0.409. The van der Waals surface area contributed by atoms with Gasteiger partial charge in [0, 0.05) is 24.4 Å². The molecule has 0 radical (unpaired) electrons. The molecule has 8 nitrogen and oxygen atoms in total. The van der Waals surface area contributed by atoms with Gasteiger partial charge in [0.2, 0.25) is 0 Å². The Morgan fingerprint density at radius 2 is 1.84 bits per heavy atom. The number of benzene rings is 1. The number of aromatic amines is 1. The predicted molar refractivity (Wildman–Crippen MR) is 120 cm³/mol. The van der Waals surface area contributed by atoms with Gasteiger partial charge in [0.15, 0.2) is 11.5 Å². The van der Waals surface area contributed by atoms with Gasteiger partial charge in [0.1, 0.15) is 11.7 Å². The summed E-state index contributed by atoms with van der Waals surface area (Å²) in [5.41, 5.74) is 2.01. The minimum absolute atomic E-state index is 0.222. The van der Waals surface area contributed by atoms with Crippen LogP contribution in [0, 0.1) is 11.3 Å². The first-order valence-corrected chi connectivity index (χ1v) is 10.5. The lowest BCUT2D eigenvalue weighted by Crippen LogP contribution is -2.25. The fourth-order valence-electron chi connectivity index (χ4n) is 3.39. The van der Waals surface area contributed by atoms with Crippen LogP contribution in [-0.2, 0) is 0 Å². The summed E-state index contributed by atoms with van der Waals surface area (Å²) in [5.74, 6) is 1.01. The zero-order chi connectivity index (χ0) is 22.4. The number of nitriles is 1. The van der Waals surface area contributed by atoms with Crippen molar-refractivity contribution in [3.63, 3.8) is 0 Å². The van der Waals surface area contributed by atoms with E-state index in [4.69, 9.17) is 25.8 Å². The van der Waals surface area contributed by atoms with Crippen LogP contribution in [0.25, 0.3) is 22.3 Å². The lowest BCUT2D eigenvalue weighted by atomic mass is 10.1. The van der Waals surface area contributed by atoms with Crippen LogP contribution in [0.3, 0.4) is 0 Å². The molecule has 0 fully saturated rings. The van der Waals surface area contributed by atoms with Gasteiger partial charge in [-0.2, -0.15) is 15.2 Å². The van der Waals surface area contributed by atoms with Crippen LogP contribution < -0.4 is 14.2 Å². The SMILES string of the molecule is CCN(CC)CCCOc1nc(-c2cc(OC)c(OC)cc2Cl)c2c(C#N)c[nH]c2n1. The quantitative estimate of drug-likeness (QED) is 0.467. The van der Waals surface area contributed by atoms with Crippen molar-refractivity contribution in [2.45, 2.75) is 20.3 Å². The van der Waals surface area contributed by atoms with Gasteiger partial charge in [-0.1, -0.05) is 25.4 Å². The Morgan fingerprint density at radius 1 is 1.13 bits per heavy atom. The molecule has 31 heavy (non-hydrogen) atoms. The second-order valence-electron chi connectivity index (χ2n) is 6.81. The van der Waals surface area contributed by atoms with E-state index in [1.54, 1.807) is 32.5 Å². The third kappa shape index (κ3) is 4.84. The molecule has 0 atom stereocenters. The first-order valence-electron chi connectivity index (χ1n) is 10.1. The average molecular weight is 444 g/mol. The number of nitrogens with zero attached hydrogens (tertiary/aromatic N) is 4. The van der Waals surface area contributed by atoms with E-state index in [0.717, 1.165) is 26.1 Å². The minimum Gasteiger partial charge on any atom is -0.493 e. The van der Waals surface area contributed by atoms with E-state index in [-0.39, 0.29) is 6.01 Å². The molecule has 9 heteroatoms. The topological polar surface area (TPSA) is 96.3 Å². The Kier molecular flexibility index (Phi) is 7.55. The van der Waals surface area contributed by atoms with Crippen LogP contribution in [0.4, 0.5) is 0 Å². The summed E-state index contributed by atoms with van der Waals surface area (Å²) in [6.07, 6.45) is 2.45. The molecule has 0 spiro atoms. The van der Waals surface area contributed by atoms with Gasteiger partial charge in [0.25, 0.3) is 0 Å². The molecule has 0 saturated heterocycles. The van der Waals surface area contributed by atoms with E-state index in [2.05, 4.69) is 39.8 Å². The molecule has 0 amide bonds. The van der Waals surface area contributed by atoms with Gasteiger partial charge >= 0.3 is 6.01 Å². The van der Waals surface area contributed by atoms with Gasteiger partial charge in [0.05, 0.1) is 42.5 Å². The molecule has 3 aromatic rings. The second kappa shape index (κ2) is 10.3. The average Bonchev–Trinajstić information content (AvgIpc) is 3.21. The van der Waals surface area contributed by atoms with Crippen LogP contribution >= 0.6 is 11.6 Å². The highest BCUT2D eigenvalue weighted by Crippen LogP contribution is 2.40. The van der Waals surface area contributed by atoms with E-state index in [1.165, 1.54) is 0 Å². The molecule has 1 aromatic carbocycles. The molecule has 0 unspecified atom stereocenters. The summed E-state index contributed by atoms with van der Waals surface area (Å²) < 4.78 is 16.6. The molecule has 0 aliphatic heterocycles. The first kappa shape index (κ1) is 22.7. The molecule has 3 rings (SSSR count). The summed E-state index contributed by atoms with van der Waals surface area (Å²) in [7, 11) is 3.09. The lowest BCUT2D eigenvalue weighted by Gasteiger charge is -2.17. The lowest BCUT2D eigenvalue weighted by molar-refractivity contribution is 0.239. The molecular formula is C22H26ClN5O3. The van der Waals surface area contributed by atoms with Gasteiger partial charge in [-0.15, -0.1) is 0 Å².